The van der Waals surface area contributed by atoms with Crippen molar-refractivity contribution in [2.24, 2.45) is 11.8 Å². The minimum Gasteiger partial charge on any atom is -0.449 e. The van der Waals surface area contributed by atoms with Gasteiger partial charge in [0, 0.05) is 37.5 Å². The van der Waals surface area contributed by atoms with Gasteiger partial charge in [0.2, 0.25) is 0 Å². The van der Waals surface area contributed by atoms with E-state index in [-0.39, 0.29) is 23.2 Å². The fourth-order valence-corrected chi connectivity index (χ4v) is 3.62. The molecule has 1 saturated carbocycles. The van der Waals surface area contributed by atoms with Gasteiger partial charge in [-0.1, -0.05) is 26.7 Å². The highest BCUT2D eigenvalue weighted by molar-refractivity contribution is 5.98. The van der Waals surface area contributed by atoms with Gasteiger partial charge in [-0.05, 0) is 31.2 Å². The number of nitro benzene ring substituents is 1. The molecule has 2 rings (SSSR count). The molecule has 1 aromatic carbocycles. The first-order chi connectivity index (χ1) is 14.2. The number of rotatable bonds is 9. The number of amides is 1. The number of non-ortho nitro benzene ring substituents is 1. The van der Waals surface area contributed by atoms with Crippen molar-refractivity contribution in [3.05, 3.63) is 33.9 Å². The molecule has 1 aromatic rings. The topological polar surface area (TPSA) is 120 Å². The van der Waals surface area contributed by atoms with Gasteiger partial charge < -0.3 is 20.1 Å². The molecule has 1 aliphatic carbocycles. The monoisotopic (exact) mass is 421 g/mol. The molecular weight excluding hydrogens is 390 g/mol. The van der Waals surface area contributed by atoms with Gasteiger partial charge in [-0.3, -0.25) is 14.9 Å². The standard InChI is InChI=1S/C21H31N3O6/c1-13-6-5-7-18(14(13)2)23-20(25)15(3)30-21(26)17-12-16(24(27)28)8-9-19(17)22-10-11-29-4/h8-9,12-15,18,22H,5-7,10-11H2,1-4H3,(H,23,25)/t13-,14+,15+,18+/m0/s1. The number of anilines is 1. The average Bonchev–Trinajstić information content (AvgIpc) is 2.71. The Morgan fingerprint density at radius 3 is 2.70 bits per heavy atom. The summed E-state index contributed by atoms with van der Waals surface area (Å²) in [4.78, 5) is 35.8. The van der Waals surface area contributed by atoms with Crippen molar-refractivity contribution in [2.75, 3.05) is 25.6 Å². The maximum atomic E-state index is 12.7. The number of nitrogens with zero attached hydrogens (tertiary/aromatic N) is 1. The molecule has 0 bridgehead atoms. The number of hydrogen-bond acceptors (Lipinski definition) is 7. The molecule has 9 heteroatoms. The number of carbonyl (C=O) groups is 2. The highest BCUT2D eigenvalue weighted by atomic mass is 16.6. The molecule has 1 aliphatic rings. The molecule has 1 fully saturated rings. The summed E-state index contributed by atoms with van der Waals surface area (Å²) in [5.74, 6) is -0.300. The van der Waals surface area contributed by atoms with Gasteiger partial charge in [0.15, 0.2) is 6.10 Å². The van der Waals surface area contributed by atoms with E-state index in [2.05, 4.69) is 24.5 Å². The van der Waals surface area contributed by atoms with Crippen LogP contribution in [0.25, 0.3) is 0 Å². The van der Waals surface area contributed by atoms with Crippen LogP contribution in [-0.4, -0.2) is 49.2 Å². The van der Waals surface area contributed by atoms with Gasteiger partial charge in [0.1, 0.15) is 0 Å². The van der Waals surface area contributed by atoms with Gasteiger partial charge in [-0.25, -0.2) is 4.79 Å². The Morgan fingerprint density at radius 2 is 2.03 bits per heavy atom. The quantitative estimate of drug-likeness (QED) is 0.272. The lowest BCUT2D eigenvalue weighted by atomic mass is 9.78. The van der Waals surface area contributed by atoms with Crippen molar-refractivity contribution in [1.82, 2.24) is 5.32 Å². The van der Waals surface area contributed by atoms with Gasteiger partial charge in [-0.2, -0.15) is 0 Å². The van der Waals surface area contributed by atoms with E-state index < -0.39 is 17.0 Å². The van der Waals surface area contributed by atoms with Crippen LogP contribution in [0, 0.1) is 22.0 Å². The molecule has 1 amide bonds. The Hall–Kier alpha value is -2.68. The molecule has 0 saturated heterocycles. The van der Waals surface area contributed by atoms with E-state index in [0.717, 1.165) is 25.3 Å². The summed E-state index contributed by atoms with van der Waals surface area (Å²) >= 11 is 0. The zero-order chi connectivity index (χ0) is 22.3. The summed E-state index contributed by atoms with van der Waals surface area (Å²) < 4.78 is 10.3. The largest absolute Gasteiger partial charge is 0.449 e. The lowest BCUT2D eigenvalue weighted by Crippen LogP contribution is -2.47. The zero-order valence-corrected chi connectivity index (χ0v) is 18.0. The predicted molar refractivity (Wildman–Crippen MR) is 112 cm³/mol. The molecule has 0 spiro atoms. The zero-order valence-electron chi connectivity index (χ0n) is 18.0. The number of hydrogen-bond donors (Lipinski definition) is 2. The Balaban J connectivity index is 2.08. The van der Waals surface area contributed by atoms with Crippen LogP contribution in [0.2, 0.25) is 0 Å². The summed E-state index contributed by atoms with van der Waals surface area (Å²) in [5, 5.41) is 17.1. The van der Waals surface area contributed by atoms with Crippen LogP contribution in [-0.2, 0) is 14.3 Å². The highest BCUT2D eigenvalue weighted by Crippen LogP contribution is 2.29. The molecule has 0 radical (unpaired) electrons. The van der Waals surface area contributed by atoms with Crippen LogP contribution in [0.3, 0.4) is 0 Å². The van der Waals surface area contributed by atoms with Crippen molar-refractivity contribution >= 4 is 23.3 Å². The van der Waals surface area contributed by atoms with Crippen LogP contribution < -0.4 is 10.6 Å². The number of esters is 1. The second-order valence-electron chi connectivity index (χ2n) is 7.84. The SMILES string of the molecule is COCCNc1ccc([N+](=O)[O-])cc1C(=O)O[C@H](C)C(=O)N[C@@H]1CCC[C@H](C)[C@H]1C. The second kappa shape index (κ2) is 10.9. The highest BCUT2D eigenvalue weighted by Gasteiger charge is 2.30. The molecule has 9 nitrogen and oxygen atoms in total. The molecule has 2 N–H and O–H groups in total. The van der Waals surface area contributed by atoms with Crippen LogP contribution in [0.15, 0.2) is 18.2 Å². The fourth-order valence-electron chi connectivity index (χ4n) is 3.62. The number of carbonyl (C=O) groups excluding carboxylic acids is 2. The van der Waals surface area contributed by atoms with Crippen molar-refractivity contribution in [3.8, 4) is 0 Å². The number of methoxy groups -OCH3 is 1. The molecular formula is C21H31N3O6. The van der Waals surface area contributed by atoms with E-state index in [0.29, 0.717) is 30.7 Å². The summed E-state index contributed by atoms with van der Waals surface area (Å²) in [6, 6.07) is 3.94. The van der Waals surface area contributed by atoms with Crippen LogP contribution >= 0.6 is 0 Å². The van der Waals surface area contributed by atoms with Gasteiger partial charge in [-0.15, -0.1) is 0 Å². The van der Waals surface area contributed by atoms with Gasteiger partial charge in [0.05, 0.1) is 17.1 Å². The first kappa shape index (κ1) is 23.6. The summed E-state index contributed by atoms with van der Waals surface area (Å²) in [5.41, 5.74) is 0.144. The summed E-state index contributed by atoms with van der Waals surface area (Å²) in [6.07, 6.45) is 2.07. The lowest BCUT2D eigenvalue weighted by Gasteiger charge is -2.35. The third-order valence-electron chi connectivity index (χ3n) is 5.74. The number of nitro groups is 1. The Labute approximate surface area is 176 Å². The minimum atomic E-state index is -1.02. The van der Waals surface area contributed by atoms with E-state index >= 15 is 0 Å². The molecule has 166 valence electrons. The first-order valence-corrected chi connectivity index (χ1v) is 10.3. The molecule has 4 atom stereocenters. The predicted octanol–water partition coefficient (Wildman–Crippen LogP) is 3.14. The fraction of sp³-hybridized carbons (Fsp3) is 0.619. The van der Waals surface area contributed by atoms with E-state index in [1.54, 1.807) is 7.11 Å². The Kier molecular flexibility index (Phi) is 8.58. The van der Waals surface area contributed by atoms with Gasteiger partial charge in [0.25, 0.3) is 11.6 Å². The third kappa shape index (κ3) is 6.16. The molecule has 0 aromatic heterocycles. The molecule has 0 unspecified atom stereocenters. The maximum Gasteiger partial charge on any atom is 0.341 e. The van der Waals surface area contributed by atoms with E-state index in [4.69, 9.17) is 9.47 Å². The second-order valence-corrected chi connectivity index (χ2v) is 7.84. The van der Waals surface area contributed by atoms with Crippen LogP contribution in [0.5, 0.6) is 0 Å². The maximum absolute atomic E-state index is 12.7. The van der Waals surface area contributed by atoms with Crippen molar-refractivity contribution in [3.63, 3.8) is 0 Å². The van der Waals surface area contributed by atoms with E-state index in [1.165, 1.54) is 19.1 Å². The Bertz CT molecular complexity index is 769. The van der Waals surface area contributed by atoms with Crippen molar-refractivity contribution in [2.45, 2.75) is 52.2 Å². The molecule has 0 aliphatic heterocycles. The Morgan fingerprint density at radius 1 is 1.30 bits per heavy atom. The smallest absolute Gasteiger partial charge is 0.341 e. The number of ether oxygens (including phenoxy) is 2. The number of nitrogens with one attached hydrogen (secondary N) is 2. The summed E-state index contributed by atoms with van der Waals surface area (Å²) in [7, 11) is 1.54. The third-order valence-corrected chi connectivity index (χ3v) is 5.74. The molecule has 30 heavy (non-hydrogen) atoms. The van der Waals surface area contributed by atoms with Crippen LogP contribution in [0.1, 0.15) is 50.4 Å². The van der Waals surface area contributed by atoms with E-state index in [1.807, 2.05) is 0 Å². The van der Waals surface area contributed by atoms with Crippen molar-refractivity contribution < 1.29 is 24.0 Å². The lowest BCUT2D eigenvalue weighted by molar-refractivity contribution is -0.384. The van der Waals surface area contributed by atoms with Crippen LogP contribution in [0.4, 0.5) is 11.4 Å². The number of benzene rings is 1. The van der Waals surface area contributed by atoms with Gasteiger partial charge >= 0.3 is 5.97 Å². The minimum absolute atomic E-state index is 0.000361. The first-order valence-electron chi connectivity index (χ1n) is 10.3. The average molecular weight is 421 g/mol. The normalized spacial score (nSPS) is 22.1. The van der Waals surface area contributed by atoms with E-state index in [9.17, 15) is 19.7 Å². The van der Waals surface area contributed by atoms with Crippen molar-refractivity contribution in [1.29, 1.82) is 0 Å². The molecule has 0 heterocycles. The summed E-state index contributed by atoms with van der Waals surface area (Å²) in [6.45, 7) is 6.59.